The van der Waals surface area contributed by atoms with Gasteiger partial charge in [-0.2, -0.15) is 0 Å². The SMILES string of the molecule is CNCc1c(C)n(-c2ccccc2Cl)[nH]c1=O. The van der Waals surface area contributed by atoms with Crippen molar-refractivity contribution in [2.45, 2.75) is 13.5 Å². The van der Waals surface area contributed by atoms with Gasteiger partial charge in [0.1, 0.15) is 0 Å². The first-order valence-electron chi connectivity index (χ1n) is 5.35. The lowest BCUT2D eigenvalue weighted by atomic mass is 10.2. The van der Waals surface area contributed by atoms with Gasteiger partial charge in [0, 0.05) is 12.2 Å². The molecule has 0 aliphatic heterocycles. The zero-order chi connectivity index (χ0) is 12.4. The van der Waals surface area contributed by atoms with Gasteiger partial charge < -0.3 is 5.32 Å². The Bertz CT molecular complexity index is 586. The molecule has 1 aromatic heterocycles. The van der Waals surface area contributed by atoms with Crippen molar-refractivity contribution in [3.05, 3.63) is 50.9 Å². The van der Waals surface area contributed by atoms with Crippen LogP contribution in [0.15, 0.2) is 29.1 Å². The molecule has 2 rings (SSSR count). The highest BCUT2D eigenvalue weighted by molar-refractivity contribution is 6.32. The zero-order valence-corrected chi connectivity index (χ0v) is 10.5. The number of hydrogen-bond acceptors (Lipinski definition) is 2. The van der Waals surface area contributed by atoms with Crippen LogP contribution in [-0.4, -0.2) is 16.8 Å². The summed E-state index contributed by atoms with van der Waals surface area (Å²) in [4.78, 5) is 11.8. The average Bonchev–Trinajstić information content (AvgIpc) is 2.58. The molecule has 90 valence electrons. The molecule has 1 aromatic carbocycles. The molecule has 0 aliphatic rings. The second-order valence-electron chi connectivity index (χ2n) is 3.82. The molecule has 4 nitrogen and oxygen atoms in total. The van der Waals surface area contributed by atoms with E-state index in [-0.39, 0.29) is 5.56 Å². The molecule has 0 fully saturated rings. The van der Waals surface area contributed by atoms with Crippen LogP contribution in [0.4, 0.5) is 0 Å². The monoisotopic (exact) mass is 251 g/mol. The van der Waals surface area contributed by atoms with Crippen molar-refractivity contribution < 1.29 is 0 Å². The Balaban J connectivity index is 2.58. The van der Waals surface area contributed by atoms with E-state index in [1.807, 2.05) is 32.2 Å². The number of rotatable bonds is 3. The Morgan fingerprint density at radius 3 is 2.76 bits per heavy atom. The number of nitrogens with one attached hydrogen (secondary N) is 2. The van der Waals surface area contributed by atoms with Crippen LogP contribution in [0, 0.1) is 6.92 Å². The fourth-order valence-corrected chi connectivity index (χ4v) is 2.03. The van der Waals surface area contributed by atoms with Crippen molar-refractivity contribution in [3.8, 4) is 5.69 Å². The number of aromatic nitrogens is 2. The minimum Gasteiger partial charge on any atom is -0.315 e. The first kappa shape index (κ1) is 12.0. The molecule has 1 heterocycles. The van der Waals surface area contributed by atoms with Crippen LogP contribution in [0.2, 0.25) is 5.02 Å². The van der Waals surface area contributed by atoms with Crippen molar-refractivity contribution in [1.29, 1.82) is 0 Å². The van der Waals surface area contributed by atoms with Crippen LogP contribution in [0.3, 0.4) is 0 Å². The molecule has 0 radical (unpaired) electrons. The predicted octanol–water partition coefficient (Wildman–Crippen LogP) is 1.85. The van der Waals surface area contributed by atoms with Gasteiger partial charge in [0.05, 0.1) is 16.3 Å². The standard InChI is InChI=1S/C12H14ClN3O/c1-8-9(7-14-2)12(17)15-16(8)11-6-4-3-5-10(11)13/h3-6,14H,7H2,1-2H3,(H,15,17). The lowest BCUT2D eigenvalue weighted by Gasteiger charge is -2.07. The summed E-state index contributed by atoms with van der Waals surface area (Å²) in [5.41, 5.74) is 2.30. The number of nitrogens with zero attached hydrogens (tertiary/aromatic N) is 1. The molecule has 0 aliphatic carbocycles. The first-order chi connectivity index (χ1) is 8.15. The minimum atomic E-state index is -0.0863. The number of para-hydroxylation sites is 1. The fourth-order valence-electron chi connectivity index (χ4n) is 1.81. The number of benzene rings is 1. The van der Waals surface area contributed by atoms with Gasteiger partial charge >= 0.3 is 0 Å². The molecule has 0 amide bonds. The molecule has 0 saturated heterocycles. The highest BCUT2D eigenvalue weighted by atomic mass is 35.5. The van der Waals surface area contributed by atoms with E-state index in [0.717, 1.165) is 16.9 Å². The first-order valence-corrected chi connectivity index (χ1v) is 5.73. The van der Waals surface area contributed by atoms with E-state index in [2.05, 4.69) is 10.4 Å². The second kappa shape index (κ2) is 4.77. The Hall–Kier alpha value is -1.52. The molecule has 0 atom stereocenters. The molecule has 0 spiro atoms. The van der Waals surface area contributed by atoms with Gasteiger partial charge in [-0.1, -0.05) is 23.7 Å². The highest BCUT2D eigenvalue weighted by Gasteiger charge is 2.12. The minimum absolute atomic E-state index is 0.0863. The summed E-state index contributed by atoms with van der Waals surface area (Å²) < 4.78 is 1.72. The lowest BCUT2D eigenvalue weighted by molar-refractivity contribution is 0.801. The van der Waals surface area contributed by atoms with Gasteiger partial charge in [-0.15, -0.1) is 0 Å². The second-order valence-corrected chi connectivity index (χ2v) is 4.23. The molecule has 0 bridgehead atoms. The molecule has 0 saturated carbocycles. The van der Waals surface area contributed by atoms with Crippen molar-refractivity contribution in [1.82, 2.24) is 15.1 Å². The summed E-state index contributed by atoms with van der Waals surface area (Å²) in [6, 6.07) is 7.41. The van der Waals surface area contributed by atoms with Crippen molar-refractivity contribution in [2.24, 2.45) is 0 Å². The average molecular weight is 252 g/mol. The van der Waals surface area contributed by atoms with Gasteiger partial charge in [-0.25, -0.2) is 0 Å². The van der Waals surface area contributed by atoms with Gasteiger partial charge in [0.25, 0.3) is 5.56 Å². The maximum Gasteiger partial charge on any atom is 0.269 e. The lowest BCUT2D eigenvalue weighted by Crippen LogP contribution is -2.14. The molecule has 17 heavy (non-hydrogen) atoms. The predicted molar refractivity (Wildman–Crippen MR) is 68.9 cm³/mol. The van der Waals surface area contributed by atoms with Crippen LogP contribution in [0.25, 0.3) is 5.69 Å². The van der Waals surface area contributed by atoms with Crippen molar-refractivity contribution in [3.63, 3.8) is 0 Å². The summed E-state index contributed by atoms with van der Waals surface area (Å²) in [6.07, 6.45) is 0. The summed E-state index contributed by atoms with van der Waals surface area (Å²) in [5, 5.41) is 6.38. The number of halogens is 1. The normalized spacial score (nSPS) is 10.8. The molecular weight excluding hydrogens is 238 g/mol. The van der Waals surface area contributed by atoms with Crippen LogP contribution in [0.5, 0.6) is 0 Å². The molecule has 5 heteroatoms. The summed E-state index contributed by atoms with van der Waals surface area (Å²) in [7, 11) is 1.81. The molecule has 2 aromatic rings. The quantitative estimate of drug-likeness (QED) is 0.875. The van der Waals surface area contributed by atoms with Crippen LogP contribution in [0.1, 0.15) is 11.3 Å². The summed E-state index contributed by atoms with van der Waals surface area (Å²) in [5.74, 6) is 0. The number of hydrogen-bond donors (Lipinski definition) is 2. The summed E-state index contributed by atoms with van der Waals surface area (Å²) >= 11 is 6.11. The van der Waals surface area contributed by atoms with E-state index in [1.165, 1.54) is 0 Å². The molecule has 2 N–H and O–H groups in total. The van der Waals surface area contributed by atoms with E-state index >= 15 is 0 Å². The maximum absolute atomic E-state index is 11.8. The van der Waals surface area contributed by atoms with E-state index in [9.17, 15) is 4.79 Å². The Kier molecular flexibility index (Phi) is 3.36. The number of H-pyrrole nitrogens is 1. The van der Waals surface area contributed by atoms with Crippen LogP contribution < -0.4 is 10.9 Å². The van der Waals surface area contributed by atoms with Gasteiger partial charge in [-0.05, 0) is 26.1 Å². The van der Waals surface area contributed by atoms with E-state index in [1.54, 1.807) is 10.7 Å². The third-order valence-electron chi connectivity index (χ3n) is 2.71. The van der Waals surface area contributed by atoms with E-state index < -0.39 is 0 Å². The smallest absolute Gasteiger partial charge is 0.269 e. The van der Waals surface area contributed by atoms with Gasteiger partial charge in [0.15, 0.2) is 0 Å². The van der Waals surface area contributed by atoms with Gasteiger partial charge in [-0.3, -0.25) is 14.6 Å². The molecule has 0 unspecified atom stereocenters. The van der Waals surface area contributed by atoms with E-state index in [4.69, 9.17) is 11.6 Å². The fraction of sp³-hybridized carbons (Fsp3) is 0.250. The highest BCUT2D eigenvalue weighted by Crippen LogP contribution is 2.20. The zero-order valence-electron chi connectivity index (χ0n) is 9.75. The number of aromatic amines is 1. The van der Waals surface area contributed by atoms with Crippen molar-refractivity contribution in [2.75, 3.05) is 7.05 Å². The topological polar surface area (TPSA) is 49.8 Å². The van der Waals surface area contributed by atoms with Crippen LogP contribution >= 0.6 is 11.6 Å². The van der Waals surface area contributed by atoms with E-state index in [0.29, 0.717) is 11.6 Å². The third kappa shape index (κ3) is 2.14. The largest absolute Gasteiger partial charge is 0.315 e. The maximum atomic E-state index is 11.8. The molecular formula is C12H14ClN3O. The Labute approximate surface area is 104 Å². The van der Waals surface area contributed by atoms with Crippen molar-refractivity contribution >= 4 is 11.6 Å². The van der Waals surface area contributed by atoms with Crippen LogP contribution in [-0.2, 0) is 6.54 Å². The Morgan fingerprint density at radius 2 is 2.12 bits per heavy atom. The van der Waals surface area contributed by atoms with Gasteiger partial charge in [0.2, 0.25) is 0 Å². The third-order valence-corrected chi connectivity index (χ3v) is 3.03. The Morgan fingerprint density at radius 1 is 1.41 bits per heavy atom. The summed E-state index contributed by atoms with van der Waals surface area (Å²) in [6.45, 7) is 2.44.